The molecule has 0 saturated heterocycles. The molecule has 154 valence electrons. The minimum absolute atomic E-state index is 0.121. The van der Waals surface area contributed by atoms with Crippen LogP contribution in [0.2, 0.25) is 0 Å². The first-order valence-corrected chi connectivity index (χ1v) is 10.3. The summed E-state index contributed by atoms with van der Waals surface area (Å²) < 4.78 is 6.91. The van der Waals surface area contributed by atoms with Crippen molar-refractivity contribution in [1.29, 1.82) is 0 Å². The fraction of sp³-hybridized carbons (Fsp3) is 0.400. The van der Waals surface area contributed by atoms with Gasteiger partial charge in [-0.25, -0.2) is 9.78 Å². The van der Waals surface area contributed by atoms with E-state index in [9.17, 15) is 19.5 Å². The fourth-order valence-corrected chi connectivity index (χ4v) is 4.16. The second kappa shape index (κ2) is 8.60. The number of hydrogen-bond acceptors (Lipinski definition) is 6. The Kier molecular flexibility index (Phi) is 6.17. The van der Waals surface area contributed by atoms with Crippen LogP contribution < -0.4 is 15.7 Å². The molecular weight excluding hydrogens is 394 g/mol. The first kappa shape index (κ1) is 20.8. The van der Waals surface area contributed by atoms with Gasteiger partial charge in [0.2, 0.25) is 5.43 Å². The third-order valence-electron chi connectivity index (χ3n) is 4.52. The molecule has 0 radical (unpaired) electrons. The topological polar surface area (TPSA) is 114 Å². The maximum Gasteiger partial charge on any atom is 0.346 e. The van der Waals surface area contributed by atoms with Crippen molar-refractivity contribution >= 4 is 27.5 Å². The number of aryl methyl sites for hydroxylation is 2. The first-order valence-electron chi connectivity index (χ1n) is 9.47. The first-order chi connectivity index (χ1) is 13.9. The Hall–Kier alpha value is -2.94. The smallest absolute Gasteiger partial charge is 0.346 e. The molecule has 2 N–H and O–H groups in total. The Morgan fingerprint density at radius 1 is 1.31 bits per heavy atom. The zero-order valence-corrected chi connectivity index (χ0v) is 17.4. The summed E-state index contributed by atoms with van der Waals surface area (Å²) >= 11 is 1.01. The molecule has 0 unspecified atom stereocenters. The van der Waals surface area contributed by atoms with Gasteiger partial charge in [-0.1, -0.05) is 13.8 Å². The van der Waals surface area contributed by atoms with Gasteiger partial charge < -0.3 is 14.8 Å². The SMILES string of the molecule is CCCOc1c[nH]c(Cn2c(CCC)nc3sc(C(=O)O)c(C)c3c2=O)cc1=O. The highest BCUT2D eigenvalue weighted by atomic mass is 32.1. The van der Waals surface area contributed by atoms with Gasteiger partial charge in [0.05, 0.1) is 18.5 Å². The molecule has 8 nitrogen and oxygen atoms in total. The van der Waals surface area contributed by atoms with E-state index in [1.165, 1.54) is 16.8 Å². The predicted molar refractivity (Wildman–Crippen MR) is 112 cm³/mol. The molecule has 0 fully saturated rings. The predicted octanol–water partition coefficient (Wildman–Crippen LogP) is 2.94. The summed E-state index contributed by atoms with van der Waals surface area (Å²) in [6.07, 6.45) is 3.63. The molecule has 0 saturated carbocycles. The van der Waals surface area contributed by atoms with Crippen molar-refractivity contribution in [2.75, 3.05) is 6.61 Å². The molecule has 0 bridgehead atoms. The summed E-state index contributed by atoms with van der Waals surface area (Å²) in [4.78, 5) is 45.1. The molecular formula is C20H23N3O5S. The Morgan fingerprint density at radius 2 is 2.07 bits per heavy atom. The maximum atomic E-state index is 13.2. The number of aromatic carboxylic acids is 1. The van der Waals surface area contributed by atoms with Crippen LogP contribution in [0.1, 0.15) is 53.4 Å². The number of H-pyrrole nitrogens is 1. The van der Waals surface area contributed by atoms with E-state index in [-0.39, 0.29) is 28.2 Å². The molecule has 3 aromatic heterocycles. The van der Waals surface area contributed by atoms with Crippen LogP contribution >= 0.6 is 11.3 Å². The number of pyridine rings is 1. The largest absolute Gasteiger partial charge is 0.488 e. The summed E-state index contributed by atoms with van der Waals surface area (Å²) in [7, 11) is 0. The summed E-state index contributed by atoms with van der Waals surface area (Å²) in [6, 6.07) is 1.42. The molecule has 29 heavy (non-hydrogen) atoms. The van der Waals surface area contributed by atoms with Crippen LogP contribution in [-0.4, -0.2) is 32.2 Å². The van der Waals surface area contributed by atoms with Gasteiger partial charge in [0.25, 0.3) is 5.56 Å². The highest BCUT2D eigenvalue weighted by Crippen LogP contribution is 2.27. The number of carbonyl (C=O) groups is 1. The van der Waals surface area contributed by atoms with Crippen LogP contribution in [0, 0.1) is 6.92 Å². The third kappa shape index (κ3) is 4.09. The Morgan fingerprint density at radius 3 is 2.69 bits per heavy atom. The van der Waals surface area contributed by atoms with Crippen molar-refractivity contribution in [3.8, 4) is 5.75 Å². The second-order valence-electron chi connectivity index (χ2n) is 6.75. The maximum absolute atomic E-state index is 13.2. The summed E-state index contributed by atoms with van der Waals surface area (Å²) in [5.74, 6) is -0.263. The van der Waals surface area contributed by atoms with Crippen molar-refractivity contribution in [2.45, 2.75) is 46.6 Å². The van der Waals surface area contributed by atoms with Gasteiger partial charge in [-0.05, 0) is 25.3 Å². The van der Waals surface area contributed by atoms with Gasteiger partial charge in [-0.15, -0.1) is 11.3 Å². The number of ether oxygens (including phenoxy) is 1. The van der Waals surface area contributed by atoms with Gasteiger partial charge in [-0.2, -0.15) is 0 Å². The zero-order valence-electron chi connectivity index (χ0n) is 16.6. The van der Waals surface area contributed by atoms with Crippen LogP contribution in [0.15, 0.2) is 21.9 Å². The molecule has 0 spiro atoms. The average molecular weight is 417 g/mol. The van der Waals surface area contributed by atoms with E-state index in [0.29, 0.717) is 40.3 Å². The van der Waals surface area contributed by atoms with E-state index in [4.69, 9.17) is 4.74 Å². The van der Waals surface area contributed by atoms with Crippen molar-refractivity contribution in [3.05, 3.63) is 54.8 Å². The second-order valence-corrected chi connectivity index (χ2v) is 7.75. The summed E-state index contributed by atoms with van der Waals surface area (Å²) in [5.41, 5.74) is 0.410. The number of hydrogen-bond donors (Lipinski definition) is 2. The standard InChI is InChI=1S/C20H23N3O5S/c1-4-6-15-22-18-16(11(3)17(29-18)20(26)27)19(25)23(15)10-12-8-13(24)14(9-21-12)28-7-5-2/h8-9H,4-7,10H2,1-3H3,(H,21,24)(H,26,27). The quantitative estimate of drug-likeness (QED) is 0.582. The fourth-order valence-electron chi connectivity index (χ4n) is 3.13. The van der Waals surface area contributed by atoms with Crippen molar-refractivity contribution < 1.29 is 14.6 Å². The van der Waals surface area contributed by atoms with Crippen LogP contribution in [0.25, 0.3) is 10.2 Å². The van der Waals surface area contributed by atoms with Crippen molar-refractivity contribution in [2.24, 2.45) is 0 Å². The van der Waals surface area contributed by atoms with Gasteiger partial charge in [-0.3, -0.25) is 14.2 Å². The number of aromatic nitrogens is 3. The van der Waals surface area contributed by atoms with Crippen LogP contribution in [0.4, 0.5) is 0 Å². The molecule has 0 aliphatic rings. The lowest BCUT2D eigenvalue weighted by Gasteiger charge is -2.13. The summed E-state index contributed by atoms with van der Waals surface area (Å²) in [5, 5.41) is 9.69. The van der Waals surface area contributed by atoms with Crippen molar-refractivity contribution in [1.82, 2.24) is 14.5 Å². The molecule has 3 aromatic rings. The molecule has 0 aliphatic carbocycles. The highest BCUT2D eigenvalue weighted by molar-refractivity contribution is 7.20. The lowest BCUT2D eigenvalue weighted by molar-refractivity contribution is 0.0701. The monoisotopic (exact) mass is 417 g/mol. The van der Waals surface area contributed by atoms with Gasteiger partial charge in [0.1, 0.15) is 15.5 Å². The molecule has 9 heteroatoms. The number of nitrogens with zero attached hydrogens (tertiary/aromatic N) is 2. The zero-order chi connectivity index (χ0) is 21.1. The third-order valence-corrected chi connectivity index (χ3v) is 5.70. The number of carboxylic acid groups (broad SMARTS) is 1. The van der Waals surface area contributed by atoms with Crippen molar-refractivity contribution in [3.63, 3.8) is 0 Å². The Bertz CT molecular complexity index is 1180. The molecule has 3 rings (SSSR count). The molecule has 0 aromatic carbocycles. The average Bonchev–Trinajstić information content (AvgIpc) is 3.01. The van der Waals surface area contributed by atoms with E-state index in [1.54, 1.807) is 6.92 Å². The number of rotatable bonds is 8. The van der Waals surface area contributed by atoms with Gasteiger partial charge in [0, 0.05) is 24.4 Å². The van der Waals surface area contributed by atoms with E-state index in [1.807, 2.05) is 13.8 Å². The Balaban J connectivity index is 2.09. The number of carboxylic acids is 1. The summed E-state index contributed by atoms with van der Waals surface area (Å²) in [6.45, 7) is 6.14. The molecule has 0 atom stereocenters. The van der Waals surface area contributed by atoms with Crippen LogP contribution in [-0.2, 0) is 13.0 Å². The van der Waals surface area contributed by atoms with E-state index < -0.39 is 5.97 Å². The lowest BCUT2D eigenvalue weighted by Crippen LogP contribution is -2.27. The lowest BCUT2D eigenvalue weighted by atomic mass is 10.2. The number of nitrogens with one attached hydrogen (secondary N) is 1. The minimum atomic E-state index is -1.07. The molecule has 0 amide bonds. The minimum Gasteiger partial charge on any atom is -0.488 e. The molecule has 0 aliphatic heterocycles. The van der Waals surface area contributed by atoms with Gasteiger partial charge in [0.15, 0.2) is 5.75 Å². The van der Waals surface area contributed by atoms with E-state index in [2.05, 4.69) is 9.97 Å². The van der Waals surface area contributed by atoms with Gasteiger partial charge >= 0.3 is 5.97 Å². The number of thiophene rings is 1. The number of fused-ring (bicyclic) bond motifs is 1. The van der Waals surface area contributed by atoms with Crippen LogP contribution in [0.3, 0.4) is 0 Å². The highest BCUT2D eigenvalue weighted by Gasteiger charge is 2.21. The van der Waals surface area contributed by atoms with E-state index in [0.717, 1.165) is 24.2 Å². The Labute approximate surface area is 170 Å². The van der Waals surface area contributed by atoms with E-state index >= 15 is 0 Å². The molecule has 3 heterocycles. The van der Waals surface area contributed by atoms with Crippen LogP contribution in [0.5, 0.6) is 5.75 Å². The normalized spacial score (nSPS) is 11.1. The number of aromatic amines is 1.